The molecule has 0 saturated carbocycles. The molecule has 2 saturated heterocycles. The van der Waals surface area contributed by atoms with Crippen LogP contribution in [0.1, 0.15) is 13.8 Å². The Balaban J connectivity index is 1.46. The molecule has 2 aliphatic heterocycles. The molecular weight excluding hydrogens is 228 g/mol. The number of anilines is 1. The Kier molecular flexibility index (Phi) is 3.26. The van der Waals surface area contributed by atoms with Gasteiger partial charge >= 0.3 is 0 Å². The minimum Gasteiger partial charge on any atom is -0.432 e. The average Bonchev–Trinajstić information content (AvgIpc) is 2.81. The zero-order valence-electron chi connectivity index (χ0n) is 11.2. The van der Waals surface area contributed by atoms with Crippen molar-refractivity contribution < 1.29 is 4.42 Å². The van der Waals surface area contributed by atoms with Crippen LogP contribution in [-0.4, -0.2) is 66.1 Å². The minimum absolute atomic E-state index is 0.678. The van der Waals surface area contributed by atoms with Gasteiger partial charge in [0.2, 0.25) is 0 Å². The summed E-state index contributed by atoms with van der Waals surface area (Å²) in [5.41, 5.74) is 0. The quantitative estimate of drug-likeness (QED) is 0.796. The van der Waals surface area contributed by atoms with E-state index in [0.717, 1.165) is 19.1 Å². The molecule has 2 fully saturated rings. The highest BCUT2D eigenvalue weighted by Crippen LogP contribution is 2.22. The molecule has 0 radical (unpaired) electrons. The van der Waals surface area contributed by atoms with Crippen LogP contribution in [0, 0.1) is 0 Å². The molecule has 0 unspecified atom stereocenters. The Morgan fingerprint density at radius 2 is 1.94 bits per heavy atom. The van der Waals surface area contributed by atoms with Gasteiger partial charge in [0.05, 0.1) is 6.20 Å². The summed E-state index contributed by atoms with van der Waals surface area (Å²) in [6, 6.07) is 2.13. The van der Waals surface area contributed by atoms with Crippen LogP contribution in [0.5, 0.6) is 0 Å². The largest absolute Gasteiger partial charge is 0.432 e. The first-order chi connectivity index (χ1) is 8.74. The SMILES string of the molecule is CC(C)N1CCN(C2CN(c3ncco3)C2)CC1. The standard InChI is InChI=1S/C13H22N4O/c1-11(2)15-4-6-16(7-5-15)12-9-17(10-12)13-14-3-8-18-13/h3,8,11-12H,4-7,9-10H2,1-2H3. The van der Waals surface area contributed by atoms with Crippen molar-refractivity contribution in [3.63, 3.8) is 0 Å². The van der Waals surface area contributed by atoms with E-state index < -0.39 is 0 Å². The second kappa shape index (κ2) is 4.90. The third-order valence-corrected chi connectivity index (χ3v) is 4.15. The first-order valence-electron chi connectivity index (χ1n) is 6.86. The van der Waals surface area contributed by atoms with Crippen LogP contribution in [0.15, 0.2) is 16.9 Å². The molecule has 3 heterocycles. The van der Waals surface area contributed by atoms with E-state index in [-0.39, 0.29) is 0 Å². The summed E-state index contributed by atoms with van der Waals surface area (Å²) in [5, 5.41) is 0. The molecule has 5 heteroatoms. The maximum atomic E-state index is 5.31. The average molecular weight is 250 g/mol. The Hall–Kier alpha value is -1.07. The summed E-state index contributed by atoms with van der Waals surface area (Å²) in [4.78, 5) is 11.6. The molecule has 0 aliphatic carbocycles. The number of hydrogen-bond acceptors (Lipinski definition) is 5. The number of nitrogens with zero attached hydrogens (tertiary/aromatic N) is 4. The molecule has 100 valence electrons. The molecule has 0 N–H and O–H groups in total. The second-order valence-electron chi connectivity index (χ2n) is 5.54. The predicted octanol–water partition coefficient (Wildman–Crippen LogP) is 0.889. The van der Waals surface area contributed by atoms with E-state index in [1.165, 1.54) is 26.2 Å². The topological polar surface area (TPSA) is 35.8 Å². The van der Waals surface area contributed by atoms with E-state index in [2.05, 4.69) is 33.5 Å². The molecule has 0 amide bonds. The molecule has 5 nitrogen and oxygen atoms in total. The highest BCUT2D eigenvalue weighted by molar-refractivity contribution is 5.31. The van der Waals surface area contributed by atoms with Gasteiger partial charge in [0, 0.05) is 51.4 Å². The number of hydrogen-bond donors (Lipinski definition) is 0. The molecule has 2 aliphatic rings. The summed E-state index contributed by atoms with van der Waals surface area (Å²) in [5.74, 6) is 0. The fraction of sp³-hybridized carbons (Fsp3) is 0.769. The van der Waals surface area contributed by atoms with Gasteiger partial charge in [-0.05, 0) is 13.8 Å². The summed E-state index contributed by atoms with van der Waals surface area (Å²) in [7, 11) is 0. The van der Waals surface area contributed by atoms with E-state index in [0.29, 0.717) is 12.1 Å². The van der Waals surface area contributed by atoms with Crippen LogP contribution in [0.4, 0.5) is 6.01 Å². The van der Waals surface area contributed by atoms with Crippen LogP contribution in [-0.2, 0) is 0 Å². The van der Waals surface area contributed by atoms with Crippen LogP contribution in [0.25, 0.3) is 0 Å². The molecule has 0 atom stereocenters. The van der Waals surface area contributed by atoms with Crippen LogP contribution in [0.2, 0.25) is 0 Å². The normalized spacial score (nSPS) is 23.6. The van der Waals surface area contributed by atoms with Crippen molar-refractivity contribution >= 4 is 6.01 Å². The second-order valence-corrected chi connectivity index (χ2v) is 5.54. The van der Waals surface area contributed by atoms with Crippen molar-refractivity contribution in [2.75, 3.05) is 44.2 Å². The highest BCUT2D eigenvalue weighted by atomic mass is 16.4. The van der Waals surface area contributed by atoms with E-state index >= 15 is 0 Å². The van der Waals surface area contributed by atoms with Gasteiger partial charge in [0.1, 0.15) is 6.26 Å². The Labute approximate surface area is 108 Å². The molecule has 0 aromatic carbocycles. The van der Waals surface area contributed by atoms with E-state index in [1.54, 1.807) is 12.5 Å². The zero-order valence-corrected chi connectivity index (χ0v) is 11.2. The van der Waals surface area contributed by atoms with Gasteiger partial charge in [-0.25, -0.2) is 4.98 Å². The van der Waals surface area contributed by atoms with Crippen molar-refractivity contribution in [2.24, 2.45) is 0 Å². The summed E-state index contributed by atoms with van der Waals surface area (Å²) in [6.45, 7) is 11.5. The van der Waals surface area contributed by atoms with Crippen molar-refractivity contribution in [3.05, 3.63) is 12.5 Å². The minimum atomic E-state index is 0.678. The first-order valence-corrected chi connectivity index (χ1v) is 6.86. The fourth-order valence-corrected chi connectivity index (χ4v) is 2.83. The molecular formula is C13H22N4O. The smallest absolute Gasteiger partial charge is 0.297 e. The predicted molar refractivity (Wildman–Crippen MR) is 70.8 cm³/mol. The molecule has 18 heavy (non-hydrogen) atoms. The summed E-state index contributed by atoms with van der Waals surface area (Å²) < 4.78 is 5.31. The van der Waals surface area contributed by atoms with Crippen LogP contribution >= 0.6 is 0 Å². The van der Waals surface area contributed by atoms with Gasteiger partial charge < -0.3 is 9.32 Å². The van der Waals surface area contributed by atoms with Crippen molar-refractivity contribution in [2.45, 2.75) is 25.9 Å². The number of piperazine rings is 1. The third-order valence-electron chi connectivity index (χ3n) is 4.15. The lowest BCUT2D eigenvalue weighted by Crippen LogP contribution is -2.63. The summed E-state index contributed by atoms with van der Waals surface area (Å²) >= 11 is 0. The lowest BCUT2D eigenvalue weighted by atomic mass is 10.1. The van der Waals surface area contributed by atoms with Gasteiger partial charge in [-0.2, -0.15) is 0 Å². The van der Waals surface area contributed by atoms with Gasteiger partial charge in [-0.3, -0.25) is 9.80 Å². The molecule has 3 rings (SSSR count). The highest BCUT2D eigenvalue weighted by Gasteiger charge is 2.35. The maximum absolute atomic E-state index is 5.31. The van der Waals surface area contributed by atoms with Gasteiger partial charge in [-0.1, -0.05) is 0 Å². The maximum Gasteiger partial charge on any atom is 0.297 e. The lowest BCUT2D eigenvalue weighted by Gasteiger charge is -2.48. The number of oxazole rings is 1. The van der Waals surface area contributed by atoms with E-state index in [4.69, 9.17) is 4.42 Å². The first kappa shape index (κ1) is 12.0. The van der Waals surface area contributed by atoms with Crippen molar-refractivity contribution in [1.82, 2.24) is 14.8 Å². The Morgan fingerprint density at radius 1 is 1.22 bits per heavy atom. The van der Waals surface area contributed by atoms with Crippen LogP contribution < -0.4 is 4.90 Å². The van der Waals surface area contributed by atoms with Gasteiger partial charge in [-0.15, -0.1) is 0 Å². The van der Waals surface area contributed by atoms with E-state index in [1.807, 2.05) is 0 Å². The number of aromatic nitrogens is 1. The molecule has 1 aromatic rings. The third kappa shape index (κ3) is 2.24. The van der Waals surface area contributed by atoms with Crippen molar-refractivity contribution in [1.29, 1.82) is 0 Å². The molecule has 0 bridgehead atoms. The van der Waals surface area contributed by atoms with Gasteiger partial charge in [0.25, 0.3) is 6.01 Å². The molecule has 0 spiro atoms. The fourth-order valence-electron chi connectivity index (χ4n) is 2.83. The molecule has 1 aromatic heterocycles. The van der Waals surface area contributed by atoms with Crippen LogP contribution in [0.3, 0.4) is 0 Å². The Bertz CT molecular complexity index is 364. The van der Waals surface area contributed by atoms with Gasteiger partial charge in [0.15, 0.2) is 0 Å². The monoisotopic (exact) mass is 250 g/mol. The Morgan fingerprint density at radius 3 is 2.50 bits per heavy atom. The summed E-state index contributed by atoms with van der Waals surface area (Å²) in [6.07, 6.45) is 3.36. The zero-order chi connectivity index (χ0) is 12.5. The van der Waals surface area contributed by atoms with E-state index in [9.17, 15) is 0 Å². The van der Waals surface area contributed by atoms with Crippen molar-refractivity contribution in [3.8, 4) is 0 Å². The lowest BCUT2D eigenvalue weighted by molar-refractivity contribution is 0.0665. The number of rotatable bonds is 3.